The molecule has 0 atom stereocenters. The molecule has 2 N–H and O–H groups in total. The zero-order valence-electron chi connectivity index (χ0n) is 30.3. The van der Waals surface area contributed by atoms with Gasteiger partial charge in [0, 0.05) is 44.7 Å². The predicted octanol–water partition coefficient (Wildman–Crippen LogP) is 13.3. The van der Waals surface area contributed by atoms with Gasteiger partial charge in [-0.2, -0.15) is 0 Å². The van der Waals surface area contributed by atoms with Crippen LogP contribution in [0.25, 0.3) is 44.2 Å². The number of benzene rings is 8. The van der Waals surface area contributed by atoms with E-state index in [0.717, 1.165) is 56.3 Å². The number of anilines is 4. The summed E-state index contributed by atoms with van der Waals surface area (Å²) in [5, 5.41) is 2.50. The number of aliphatic imine (C=N–C) groups is 1. The molecule has 0 aliphatic carbocycles. The van der Waals surface area contributed by atoms with Crippen molar-refractivity contribution in [2.75, 3.05) is 10.6 Å². The zero-order valence-corrected chi connectivity index (χ0v) is 30.3. The molecule has 0 saturated carbocycles. The van der Waals surface area contributed by atoms with E-state index in [2.05, 4.69) is 162 Å². The maximum Gasteiger partial charge on any atom is 0.0872 e. The molecule has 1 aromatic heterocycles. The van der Waals surface area contributed by atoms with E-state index in [4.69, 9.17) is 10.7 Å². The first kappa shape index (κ1) is 33.4. The van der Waals surface area contributed by atoms with Crippen LogP contribution in [0.5, 0.6) is 0 Å². The lowest BCUT2D eigenvalue weighted by atomic mass is 9.96. The summed E-state index contributed by atoms with van der Waals surface area (Å²) in [6, 6.07) is 71.6. The molecule has 4 nitrogen and oxygen atoms in total. The summed E-state index contributed by atoms with van der Waals surface area (Å²) in [5.41, 5.74) is 20.2. The molecule has 4 heteroatoms. The van der Waals surface area contributed by atoms with Crippen LogP contribution in [0.4, 0.5) is 28.4 Å². The number of para-hydroxylation sites is 3. The minimum absolute atomic E-state index is 0.610. The normalized spacial score (nSPS) is 11.5. The Bertz CT molecular complexity index is 2750. The number of hydrogen-bond acceptors (Lipinski definition) is 3. The molecule has 8 aromatic carbocycles. The van der Waals surface area contributed by atoms with Crippen LogP contribution in [0.15, 0.2) is 218 Å². The summed E-state index contributed by atoms with van der Waals surface area (Å²) in [7, 11) is 0. The zero-order chi connectivity index (χ0) is 37.1. The molecule has 0 unspecified atom stereocenters. The Kier molecular flexibility index (Phi) is 8.83. The van der Waals surface area contributed by atoms with Crippen LogP contribution >= 0.6 is 0 Å². The first-order valence-electron chi connectivity index (χ1n) is 18.4. The molecule has 262 valence electrons. The van der Waals surface area contributed by atoms with E-state index in [1.807, 2.05) is 60.7 Å². The lowest BCUT2D eigenvalue weighted by Gasteiger charge is -2.26. The third-order valence-corrected chi connectivity index (χ3v) is 10.1. The van der Waals surface area contributed by atoms with Crippen LogP contribution in [-0.2, 0) is 0 Å². The van der Waals surface area contributed by atoms with Gasteiger partial charge in [-0.3, -0.25) is 0 Å². The summed E-state index contributed by atoms with van der Waals surface area (Å²) < 4.78 is 2.35. The van der Waals surface area contributed by atoms with Gasteiger partial charge in [0.05, 0.1) is 28.1 Å². The third-order valence-electron chi connectivity index (χ3n) is 10.1. The fourth-order valence-electron chi connectivity index (χ4n) is 7.40. The van der Waals surface area contributed by atoms with Crippen molar-refractivity contribution >= 4 is 61.5 Å². The van der Waals surface area contributed by atoms with Crippen molar-refractivity contribution in [1.82, 2.24) is 4.57 Å². The maximum absolute atomic E-state index is 6.54. The molecular weight excluding hydrogens is 669 g/mol. The Morgan fingerprint density at radius 3 is 1.60 bits per heavy atom. The molecule has 0 saturated heterocycles. The van der Waals surface area contributed by atoms with Crippen LogP contribution in [0.2, 0.25) is 0 Å². The number of nitrogen functional groups attached to an aromatic ring is 1. The van der Waals surface area contributed by atoms with Gasteiger partial charge in [0.2, 0.25) is 0 Å². The van der Waals surface area contributed by atoms with Gasteiger partial charge in [0.1, 0.15) is 0 Å². The van der Waals surface area contributed by atoms with Crippen LogP contribution in [0.1, 0.15) is 11.1 Å². The van der Waals surface area contributed by atoms with E-state index in [0.29, 0.717) is 11.4 Å². The average molecular weight is 707 g/mol. The largest absolute Gasteiger partial charge is 0.397 e. The van der Waals surface area contributed by atoms with Gasteiger partial charge in [-0.25, -0.2) is 4.99 Å². The highest BCUT2D eigenvalue weighted by molar-refractivity contribution is 6.32. The molecule has 9 rings (SSSR count). The minimum atomic E-state index is 0.610. The van der Waals surface area contributed by atoms with Gasteiger partial charge in [-0.15, -0.1) is 0 Å². The van der Waals surface area contributed by atoms with E-state index in [1.54, 1.807) is 0 Å². The van der Waals surface area contributed by atoms with Crippen LogP contribution < -0.4 is 10.6 Å². The molecule has 55 heavy (non-hydrogen) atoms. The van der Waals surface area contributed by atoms with Crippen LogP contribution in [0.3, 0.4) is 0 Å². The molecule has 0 aliphatic heterocycles. The minimum Gasteiger partial charge on any atom is -0.397 e. The monoisotopic (exact) mass is 706 g/mol. The fourth-order valence-corrected chi connectivity index (χ4v) is 7.40. The Morgan fingerprint density at radius 1 is 0.473 bits per heavy atom. The second kappa shape index (κ2) is 14.5. The summed E-state index contributed by atoms with van der Waals surface area (Å²) >= 11 is 0. The predicted molar refractivity (Wildman–Crippen MR) is 233 cm³/mol. The van der Waals surface area contributed by atoms with Crippen molar-refractivity contribution < 1.29 is 0 Å². The van der Waals surface area contributed by atoms with Crippen molar-refractivity contribution in [3.63, 3.8) is 0 Å². The van der Waals surface area contributed by atoms with Gasteiger partial charge >= 0.3 is 0 Å². The van der Waals surface area contributed by atoms with Gasteiger partial charge in [-0.05, 0) is 89.5 Å². The van der Waals surface area contributed by atoms with E-state index in [1.165, 1.54) is 21.8 Å². The number of nitrogens with zero attached hydrogens (tertiary/aromatic N) is 3. The second-order valence-corrected chi connectivity index (χ2v) is 13.5. The highest BCUT2D eigenvalue weighted by Gasteiger charge is 2.17. The standard InChI is InChI=1S/C51H38N4/c1-36(51(39-17-7-3-8-18-39)53-48-35-40(27-34-47(48)52)38-15-5-2-6-16-38)37-25-28-42(29-26-37)54(41-19-9-4-10-20-41)43-30-32-44(33-31-43)55-49-23-13-11-21-45(49)46-22-12-14-24-50(46)55/h2-35H,1,52H2. The molecule has 0 spiro atoms. The Morgan fingerprint density at radius 2 is 0.982 bits per heavy atom. The number of fused-ring (bicyclic) bond motifs is 3. The summed E-state index contributed by atoms with van der Waals surface area (Å²) in [6.07, 6.45) is 0. The first-order chi connectivity index (χ1) is 27.1. The summed E-state index contributed by atoms with van der Waals surface area (Å²) in [4.78, 5) is 7.47. The highest BCUT2D eigenvalue weighted by atomic mass is 15.1. The average Bonchev–Trinajstić information content (AvgIpc) is 3.59. The van der Waals surface area contributed by atoms with Gasteiger partial charge in [0.15, 0.2) is 0 Å². The van der Waals surface area contributed by atoms with E-state index < -0.39 is 0 Å². The number of aromatic nitrogens is 1. The van der Waals surface area contributed by atoms with Gasteiger partial charge in [0.25, 0.3) is 0 Å². The van der Waals surface area contributed by atoms with Crippen molar-refractivity contribution in [2.45, 2.75) is 0 Å². The van der Waals surface area contributed by atoms with E-state index >= 15 is 0 Å². The Balaban J connectivity index is 1.08. The van der Waals surface area contributed by atoms with E-state index in [-0.39, 0.29) is 0 Å². The Hall–Kier alpha value is -7.43. The molecule has 0 fully saturated rings. The summed E-state index contributed by atoms with van der Waals surface area (Å²) in [6.45, 7) is 4.59. The van der Waals surface area contributed by atoms with Gasteiger partial charge in [-0.1, -0.05) is 140 Å². The molecule has 0 aliphatic rings. The third kappa shape index (κ3) is 6.47. The van der Waals surface area contributed by atoms with Gasteiger partial charge < -0.3 is 15.2 Å². The SMILES string of the molecule is C=C(C(=Nc1cc(-c2ccccc2)ccc1N)c1ccccc1)c1ccc(N(c2ccccc2)c2ccc(-n3c4ccccc4c4ccccc43)cc2)cc1. The smallest absolute Gasteiger partial charge is 0.0872 e. The summed E-state index contributed by atoms with van der Waals surface area (Å²) in [5.74, 6) is 0. The molecule has 9 aromatic rings. The van der Waals surface area contributed by atoms with Crippen molar-refractivity contribution in [1.29, 1.82) is 0 Å². The van der Waals surface area contributed by atoms with Crippen molar-refractivity contribution in [2.24, 2.45) is 4.99 Å². The van der Waals surface area contributed by atoms with Crippen molar-refractivity contribution in [3.8, 4) is 16.8 Å². The second-order valence-electron chi connectivity index (χ2n) is 13.5. The molecule has 0 radical (unpaired) electrons. The van der Waals surface area contributed by atoms with Crippen LogP contribution in [-0.4, -0.2) is 10.3 Å². The molecule has 0 amide bonds. The number of hydrogen-bond donors (Lipinski definition) is 1. The molecular formula is C51H38N4. The lowest BCUT2D eigenvalue weighted by molar-refractivity contribution is 1.17. The first-order valence-corrected chi connectivity index (χ1v) is 18.4. The molecule has 0 bridgehead atoms. The Labute approximate surface area is 321 Å². The quantitative estimate of drug-likeness (QED) is 0.120. The number of allylic oxidation sites excluding steroid dienone is 1. The lowest BCUT2D eigenvalue weighted by Crippen LogP contribution is -2.10. The fraction of sp³-hybridized carbons (Fsp3) is 0. The van der Waals surface area contributed by atoms with E-state index in [9.17, 15) is 0 Å². The number of nitrogens with two attached hydrogens (primary N) is 1. The molecule has 1 heterocycles. The van der Waals surface area contributed by atoms with Crippen LogP contribution in [0, 0.1) is 0 Å². The number of rotatable bonds is 9. The highest BCUT2D eigenvalue weighted by Crippen LogP contribution is 2.38. The topological polar surface area (TPSA) is 46.5 Å². The van der Waals surface area contributed by atoms with Crippen molar-refractivity contribution in [3.05, 3.63) is 224 Å². The maximum atomic E-state index is 6.54.